The van der Waals surface area contributed by atoms with Crippen LogP contribution in [-0.2, 0) is 16.4 Å². The van der Waals surface area contributed by atoms with Gasteiger partial charge in [0, 0.05) is 67.5 Å². The van der Waals surface area contributed by atoms with E-state index in [9.17, 15) is 13.7 Å². The third kappa shape index (κ3) is 4.84. The molecule has 3 aliphatic rings. The first-order chi connectivity index (χ1) is 20.7. The van der Waals surface area contributed by atoms with Gasteiger partial charge in [-0.1, -0.05) is 18.2 Å². The fourth-order valence-electron chi connectivity index (χ4n) is 6.23. The van der Waals surface area contributed by atoms with E-state index in [-0.39, 0.29) is 6.04 Å². The normalized spacial score (nSPS) is 18.6. The molecule has 11 nitrogen and oxygen atoms in total. The Morgan fingerprint density at radius 3 is 2.47 bits per heavy atom. The van der Waals surface area contributed by atoms with Crippen LogP contribution in [-0.4, -0.2) is 74.1 Å². The summed E-state index contributed by atoms with van der Waals surface area (Å²) in [6.07, 6.45) is 11.3. The summed E-state index contributed by atoms with van der Waals surface area (Å²) in [6, 6.07) is 14.4. The van der Waals surface area contributed by atoms with Crippen LogP contribution in [0.4, 0.5) is 5.82 Å². The molecule has 43 heavy (non-hydrogen) atoms. The van der Waals surface area contributed by atoms with Crippen LogP contribution in [0.1, 0.15) is 37.4 Å². The monoisotopic (exact) mass is 593 g/mol. The molecule has 7 heterocycles. The molecule has 5 aromatic rings. The van der Waals surface area contributed by atoms with E-state index in [0.717, 1.165) is 42.0 Å². The number of aromatic nitrogens is 6. The fraction of sp³-hybridized carbons (Fsp3) is 0.323. The zero-order chi connectivity index (χ0) is 29.9. The molecule has 0 spiro atoms. The van der Waals surface area contributed by atoms with Crippen LogP contribution >= 0.6 is 0 Å². The summed E-state index contributed by atoms with van der Waals surface area (Å²) in [6.45, 7) is 6.41. The lowest BCUT2D eigenvalue weighted by Crippen LogP contribution is -2.68. The number of nitrogens with zero attached hydrogens (tertiary/aromatic N) is 9. The first kappa shape index (κ1) is 27.2. The van der Waals surface area contributed by atoms with Crippen molar-refractivity contribution in [3.05, 3.63) is 78.5 Å². The highest BCUT2D eigenvalue weighted by Crippen LogP contribution is 2.37. The van der Waals surface area contributed by atoms with Gasteiger partial charge in [-0.15, -0.1) is 0 Å². The molecule has 4 aromatic heterocycles. The Balaban J connectivity index is 1.14. The van der Waals surface area contributed by atoms with E-state index >= 15 is 0 Å². The van der Waals surface area contributed by atoms with Crippen LogP contribution in [0.2, 0.25) is 0 Å². The third-order valence-electron chi connectivity index (χ3n) is 8.46. The van der Waals surface area contributed by atoms with Crippen molar-refractivity contribution in [2.45, 2.75) is 49.8 Å². The molecule has 3 saturated heterocycles. The average molecular weight is 594 g/mol. The number of rotatable bonds is 7. The van der Waals surface area contributed by atoms with Gasteiger partial charge in [0.2, 0.25) is 0 Å². The largest absolute Gasteiger partial charge is 0.353 e. The van der Waals surface area contributed by atoms with E-state index in [1.54, 1.807) is 29.0 Å². The minimum Gasteiger partial charge on any atom is -0.353 e. The van der Waals surface area contributed by atoms with E-state index in [2.05, 4.69) is 39.9 Å². The summed E-state index contributed by atoms with van der Waals surface area (Å²) in [7, 11) is -3.28. The molecule has 8 rings (SSSR count). The van der Waals surface area contributed by atoms with Crippen LogP contribution < -0.4 is 4.90 Å². The van der Waals surface area contributed by atoms with Crippen molar-refractivity contribution in [2.24, 2.45) is 0 Å². The summed E-state index contributed by atoms with van der Waals surface area (Å²) in [5.74, 6) is 0.883. The maximum absolute atomic E-state index is 12.3. The Kier molecular flexibility index (Phi) is 6.52. The molecule has 3 aliphatic heterocycles. The lowest BCUT2D eigenvalue weighted by atomic mass is 9.86. The van der Waals surface area contributed by atoms with Gasteiger partial charge in [-0.2, -0.15) is 15.5 Å². The number of pyridine rings is 1. The summed E-state index contributed by atoms with van der Waals surface area (Å²) in [5.41, 5.74) is 4.95. The molecule has 0 radical (unpaired) electrons. The second-order valence-electron chi connectivity index (χ2n) is 11.6. The van der Waals surface area contributed by atoms with E-state index in [1.165, 1.54) is 6.26 Å². The zero-order valence-electron chi connectivity index (χ0n) is 24.2. The number of benzene rings is 1. The summed E-state index contributed by atoms with van der Waals surface area (Å²) >= 11 is 0. The van der Waals surface area contributed by atoms with Gasteiger partial charge in [0.05, 0.1) is 34.9 Å². The van der Waals surface area contributed by atoms with Crippen molar-refractivity contribution in [3.8, 4) is 28.6 Å². The van der Waals surface area contributed by atoms with Gasteiger partial charge in [-0.3, -0.25) is 9.58 Å². The number of nitriles is 1. The van der Waals surface area contributed by atoms with Crippen molar-refractivity contribution >= 4 is 21.2 Å². The van der Waals surface area contributed by atoms with E-state index < -0.39 is 9.84 Å². The van der Waals surface area contributed by atoms with Crippen LogP contribution in [0.5, 0.6) is 0 Å². The Labute approximate surface area is 249 Å². The second kappa shape index (κ2) is 10.3. The molecule has 0 saturated carbocycles. The fourth-order valence-corrected chi connectivity index (χ4v) is 7.16. The smallest absolute Gasteiger partial charge is 0.175 e. The van der Waals surface area contributed by atoms with Gasteiger partial charge in [-0.05, 0) is 44.0 Å². The number of hydrogen-bond donors (Lipinski definition) is 0. The summed E-state index contributed by atoms with van der Waals surface area (Å²) in [5, 5.41) is 18.6. The predicted molar refractivity (Wildman–Crippen MR) is 162 cm³/mol. The van der Waals surface area contributed by atoms with Crippen LogP contribution in [0, 0.1) is 11.3 Å². The van der Waals surface area contributed by atoms with Gasteiger partial charge >= 0.3 is 0 Å². The molecule has 3 fully saturated rings. The van der Waals surface area contributed by atoms with Crippen LogP contribution in [0.15, 0.2) is 72.3 Å². The maximum Gasteiger partial charge on any atom is 0.175 e. The second-order valence-corrected chi connectivity index (χ2v) is 13.6. The zero-order valence-corrected chi connectivity index (χ0v) is 25.0. The number of fused-ring (bicyclic) bond motifs is 3. The molecule has 12 heteroatoms. The van der Waals surface area contributed by atoms with Crippen molar-refractivity contribution in [1.82, 2.24) is 34.3 Å². The van der Waals surface area contributed by atoms with Crippen molar-refractivity contribution in [3.63, 3.8) is 0 Å². The lowest BCUT2D eigenvalue weighted by molar-refractivity contribution is -0.00931. The number of anilines is 1. The number of hydrogen-bond acceptors (Lipinski definition) is 9. The molecular weight excluding hydrogens is 562 g/mol. The van der Waals surface area contributed by atoms with Crippen molar-refractivity contribution < 1.29 is 8.42 Å². The van der Waals surface area contributed by atoms with E-state index in [1.807, 2.05) is 47.5 Å². The lowest BCUT2D eigenvalue weighted by Gasteiger charge is -2.56. The van der Waals surface area contributed by atoms with Crippen molar-refractivity contribution in [1.29, 1.82) is 5.26 Å². The topological polar surface area (TPSA) is 125 Å². The Morgan fingerprint density at radius 2 is 1.79 bits per heavy atom. The van der Waals surface area contributed by atoms with Crippen LogP contribution in [0.25, 0.3) is 28.0 Å². The molecule has 0 N–H and O–H groups in total. The minimum atomic E-state index is -3.28. The van der Waals surface area contributed by atoms with Gasteiger partial charge in [0.1, 0.15) is 23.0 Å². The minimum absolute atomic E-state index is 0.222. The van der Waals surface area contributed by atoms with Gasteiger partial charge in [0.25, 0.3) is 0 Å². The quantitative estimate of drug-likeness (QED) is 0.276. The maximum atomic E-state index is 12.3. The molecule has 0 aliphatic carbocycles. The number of sulfone groups is 1. The molecule has 2 bridgehead atoms. The Morgan fingerprint density at radius 1 is 1.00 bits per heavy atom. The summed E-state index contributed by atoms with van der Waals surface area (Å²) < 4.78 is 28.2. The molecule has 218 valence electrons. The molecular formula is C31H31N9O2S. The van der Waals surface area contributed by atoms with Gasteiger partial charge in [0.15, 0.2) is 9.84 Å². The SMILES string of the molecule is CC(C)n1cc(-c2cn3ncc(C#N)c3c(-c3ccc(N4CC5CC(C4)N5Cc4ccccc4S(C)(=O)=O)nc3)n2)cn1. The van der Waals surface area contributed by atoms with E-state index in [0.29, 0.717) is 46.0 Å². The average Bonchev–Trinajstić information content (AvgIpc) is 3.67. The van der Waals surface area contributed by atoms with Gasteiger partial charge in [-0.25, -0.2) is 22.9 Å². The highest BCUT2D eigenvalue weighted by Gasteiger charge is 2.45. The standard InChI is InChI=1S/C31H31N9O2S/c1-20(2)39-16-24(14-34-39)27-19-40-31(23(11-32)13-35-40)30(36-27)21-8-9-29(33-12-21)37-17-25-10-26(18-37)38(25)15-22-6-4-5-7-28(22)43(3,41)42/h4-9,12-14,16,19-20,25-26H,10,15,17-18H2,1-3H3. The van der Waals surface area contributed by atoms with Crippen LogP contribution in [0.3, 0.4) is 0 Å². The number of piperazine rings is 1. The highest BCUT2D eigenvalue weighted by molar-refractivity contribution is 7.90. The van der Waals surface area contributed by atoms with E-state index in [4.69, 9.17) is 9.97 Å². The first-order valence-electron chi connectivity index (χ1n) is 14.3. The molecule has 2 unspecified atom stereocenters. The Hall–Kier alpha value is -4.60. The third-order valence-corrected chi connectivity index (χ3v) is 9.66. The first-order valence-corrected chi connectivity index (χ1v) is 16.2. The molecule has 1 aromatic carbocycles. The Bertz CT molecular complexity index is 1980. The predicted octanol–water partition coefficient (Wildman–Crippen LogP) is 3.97. The molecule has 0 amide bonds. The molecule has 2 atom stereocenters. The summed E-state index contributed by atoms with van der Waals surface area (Å²) in [4.78, 5) is 14.9. The highest BCUT2D eigenvalue weighted by atomic mass is 32.2. The van der Waals surface area contributed by atoms with Gasteiger partial charge < -0.3 is 4.90 Å². The van der Waals surface area contributed by atoms with Crippen molar-refractivity contribution in [2.75, 3.05) is 24.2 Å². The number of piperidine rings is 1.